The van der Waals surface area contributed by atoms with E-state index < -0.39 is 0 Å². The smallest absolute Gasteiger partial charge is 0.225 e. The highest BCUT2D eigenvalue weighted by atomic mass is 16.1. The Kier molecular flexibility index (Phi) is 6.80. The molecule has 1 atom stereocenters. The number of carbonyl (C=O) groups excluding carboxylic acids is 1. The molecule has 2 rings (SSSR count). The molecule has 1 aliphatic heterocycles. The summed E-state index contributed by atoms with van der Waals surface area (Å²) in [5, 5.41) is 2.87. The van der Waals surface area contributed by atoms with E-state index in [0.717, 1.165) is 38.8 Å². The van der Waals surface area contributed by atoms with Crippen molar-refractivity contribution >= 4 is 11.7 Å². The van der Waals surface area contributed by atoms with Crippen LogP contribution in [0.3, 0.4) is 0 Å². The van der Waals surface area contributed by atoms with Gasteiger partial charge in [0.05, 0.1) is 0 Å². The average Bonchev–Trinajstić information content (AvgIpc) is 2.94. The number of rotatable bonds is 8. The Balaban J connectivity index is 1.75. The molecule has 1 amide bonds. The predicted molar refractivity (Wildman–Crippen MR) is 89.6 cm³/mol. The Morgan fingerprint density at radius 1 is 1.36 bits per heavy atom. The van der Waals surface area contributed by atoms with Crippen molar-refractivity contribution in [3.05, 3.63) is 23.9 Å². The van der Waals surface area contributed by atoms with Crippen molar-refractivity contribution < 1.29 is 4.79 Å². The molecule has 1 saturated heterocycles. The molecular formula is C17H28N4O. The zero-order valence-corrected chi connectivity index (χ0v) is 13.6. The molecule has 0 spiro atoms. The number of amides is 1. The van der Waals surface area contributed by atoms with E-state index in [1.807, 2.05) is 12.3 Å². The van der Waals surface area contributed by atoms with Crippen LogP contribution in [0.15, 0.2) is 18.3 Å². The molecule has 1 aliphatic rings. The summed E-state index contributed by atoms with van der Waals surface area (Å²) in [7, 11) is 2.15. The number of unbranched alkanes of at least 4 members (excludes halogenated alkanes) is 3. The minimum atomic E-state index is 0.0472. The fourth-order valence-corrected chi connectivity index (χ4v) is 3.00. The molecule has 122 valence electrons. The average molecular weight is 304 g/mol. The standard InChI is InChI=1S/C17H28N4O/c1-21-12-6-7-15(21)14-9-10-16(19-13-14)20-17(22)8-4-2-3-5-11-18/h9-10,13,15H,2-8,11-12,18H2,1H3,(H,19,20,22). The third-order valence-electron chi connectivity index (χ3n) is 4.32. The lowest BCUT2D eigenvalue weighted by molar-refractivity contribution is -0.116. The van der Waals surface area contributed by atoms with E-state index in [9.17, 15) is 4.79 Å². The van der Waals surface area contributed by atoms with Gasteiger partial charge in [-0.2, -0.15) is 0 Å². The van der Waals surface area contributed by atoms with Crippen molar-refractivity contribution in [2.45, 2.75) is 51.0 Å². The first-order valence-corrected chi connectivity index (χ1v) is 8.37. The van der Waals surface area contributed by atoms with E-state index in [4.69, 9.17) is 5.73 Å². The number of pyridine rings is 1. The highest BCUT2D eigenvalue weighted by molar-refractivity contribution is 5.89. The number of hydrogen-bond acceptors (Lipinski definition) is 4. The van der Waals surface area contributed by atoms with Crippen LogP contribution < -0.4 is 11.1 Å². The van der Waals surface area contributed by atoms with Crippen LogP contribution in [0.1, 0.15) is 56.6 Å². The van der Waals surface area contributed by atoms with Crippen molar-refractivity contribution in [2.24, 2.45) is 5.73 Å². The first-order valence-electron chi connectivity index (χ1n) is 8.37. The van der Waals surface area contributed by atoms with E-state index in [-0.39, 0.29) is 5.91 Å². The summed E-state index contributed by atoms with van der Waals surface area (Å²) < 4.78 is 0. The quantitative estimate of drug-likeness (QED) is 0.724. The molecule has 0 aromatic carbocycles. The van der Waals surface area contributed by atoms with Crippen LogP contribution >= 0.6 is 0 Å². The highest BCUT2D eigenvalue weighted by Gasteiger charge is 2.22. The van der Waals surface area contributed by atoms with Gasteiger partial charge in [-0.1, -0.05) is 18.9 Å². The van der Waals surface area contributed by atoms with Gasteiger partial charge < -0.3 is 11.1 Å². The number of carbonyl (C=O) groups is 1. The third-order valence-corrected chi connectivity index (χ3v) is 4.32. The first-order chi connectivity index (χ1) is 10.7. The van der Waals surface area contributed by atoms with Gasteiger partial charge in [0.25, 0.3) is 0 Å². The Hall–Kier alpha value is -1.46. The molecule has 22 heavy (non-hydrogen) atoms. The van der Waals surface area contributed by atoms with Crippen molar-refractivity contribution in [3.63, 3.8) is 0 Å². The molecule has 1 fully saturated rings. The number of likely N-dealkylation sites (tertiary alicyclic amines) is 1. The van der Waals surface area contributed by atoms with Gasteiger partial charge in [0, 0.05) is 18.7 Å². The molecule has 0 radical (unpaired) electrons. The molecule has 0 saturated carbocycles. The van der Waals surface area contributed by atoms with Gasteiger partial charge in [-0.15, -0.1) is 0 Å². The number of anilines is 1. The van der Waals surface area contributed by atoms with Gasteiger partial charge in [-0.3, -0.25) is 9.69 Å². The van der Waals surface area contributed by atoms with Gasteiger partial charge in [0.1, 0.15) is 5.82 Å². The van der Waals surface area contributed by atoms with E-state index in [0.29, 0.717) is 18.3 Å². The van der Waals surface area contributed by atoms with Gasteiger partial charge in [-0.25, -0.2) is 4.98 Å². The van der Waals surface area contributed by atoms with E-state index in [2.05, 4.69) is 28.3 Å². The van der Waals surface area contributed by atoms with E-state index in [1.165, 1.54) is 18.4 Å². The lowest BCUT2D eigenvalue weighted by atomic mass is 10.1. The van der Waals surface area contributed by atoms with Gasteiger partial charge in [0.15, 0.2) is 0 Å². The Labute approximate surface area is 133 Å². The maximum absolute atomic E-state index is 11.9. The Bertz CT molecular complexity index is 460. The van der Waals surface area contributed by atoms with Crippen LogP contribution in [-0.4, -0.2) is 35.9 Å². The third kappa shape index (κ3) is 5.07. The zero-order chi connectivity index (χ0) is 15.8. The van der Waals surface area contributed by atoms with Crippen LogP contribution in [0.2, 0.25) is 0 Å². The minimum Gasteiger partial charge on any atom is -0.330 e. The molecule has 1 aromatic heterocycles. The second-order valence-electron chi connectivity index (χ2n) is 6.12. The highest BCUT2D eigenvalue weighted by Crippen LogP contribution is 2.30. The van der Waals surface area contributed by atoms with Crippen LogP contribution in [0.5, 0.6) is 0 Å². The molecule has 5 heteroatoms. The maximum atomic E-state index is 11.9. The van der Waals surface area contributed by atoms with Gasteiger partial charge in [-0.05, 0) is 57.5 Å². The van der Waals surface area contributed by atoms with Gasteiger partial charge in [0.2, 0.25) is 5.91 Å². The Morgan fingerprint density at radius 2 is 2.18 bits per heavy atom. The molecule has 0 aliphatic carbocycles. The lowest BCUT2D eigenvalue weighted by Gasteiger charge is -2.19. The van der Waals surface area contributed by atoms with Crippen LogP contribution in [0.4, 0.5) is 5.82 Å². The molecule has 1 unspecified atom stereocenters. The summed E-state index contributed by atoms with van der Waals surface area (Å²) in [5.41, 5.74) is 6.68. The summed E-state index contributed by atoms with van der Waals surface area (Å²) in [5.74, 6) is 0.697. The molecule has 1 aromatic rings. The van der Waals surface area contributed by atoms with Crippen LogP contribution in [0.25, 0.3) is 0 Å². The number of hydrogen-bond donors (Lipinski definition) is 2. The minimum absolute atomic E-state index is 0.0472. The van der Waals surface area contributed by atoms with Crippen LogP contribution in [0, 0.1) is 0 Å². The summed E-state index contributed by atoms with van der Waals surface area (Å²) in [6.07, 6.45) is 8.99. The maximum Gasteiger partial charge on any atom is 0.225 e. The van der Waals surface area contributed by atoms with Crippen molar-refractivity contribution in [2.75, 3.05) is 25.5 Å². The zero-order valence-electron chi connectivity index (χ0n) is 13.6. The monoisotopic (exact) mass is 304 g/mol. The lowest BCUT2D eigenvalue weighted by Crippen LogP contribution is -2.18. The molecule has 5 nitrogen and oxygen atoms in total. The predicted octanol–water partition coefficient (Wildman–Crippen LogP) is 2.70. The topological polar surface area (TPSA) is 71.2 Å². The van der Waals surface area contributed by atoms with Crippen LogP contribution in [-0.2, 0) is 4.79 Å². The summed E-state index contributed by atoms with van der Waals surface area (Å²) in [6, 6.07) is 4.46. The number of nitrogens with zero attached hydrogens (tertiary/aromatic N) is 2. The fourth-order valence-electron chi connectivity index (χ4n) is 3.00. The largest absolute Gasteiger partial charge is 0.330 e. The van der Waals surface area contributed by atoms with Crippen molar-refractivity contribution in [1.29, 1.82) is 0 Å². The number of nitrogens with one attached hydrogen (secondary N) is 1. The first kappa shape index (κ1) is 16.9. The van der Waals surface area contributed by atoms with E-state index >= 15 is 0 Å². The molecule has 3 N–H and O–H groups in total. The summed E-state index contributed by atoms with van der Waals surface area (Å²) in [6.45, 7) is 1.88. The fraction of sp³-hybridized carbons (Fsp3) is 0.647. The second-order valence-corrected chi connectivity index (χ2v) is 6.12. The number of aromatic nitrogens is 1. The summed E-state index contributed by atoms with van der Waals surface area (Å²) in [4.78, 5) is 18.6. The Morgan fingerprint density at radius 3 is 2.82 bits per heavy atom. The number of nitrogens with two attached hydrogens (primary N) is 1. The molecule has 0 bridgehead atoms. The van der Waals surface area contributed by atoms with Crippen molar-refractivity contribution in [1.82, 2.24) is 9.88 Å². The van der Waals surface area contributed by atoms with Gasteiger partial charge >= 0.3 is 0 Å². The summed E-state index contributed by atoms with van der Waals surface area (Å²) >= 11 is 0. The molecular weight excluding hydrogens is 276 g/mol. The normalized spacial score (nSPS) is 18.5. The molecule has 2 heterocycles. The SMILES string of the molecule is CN1CCCC1c1ccc(NC(=O)CCCCCCN)nc1. The van der Waals surface area contributed by atoms with E-state index in [1.54, 1.807) is 0 Å². The van der Waals surface area contributed by atoms with Crippen molar-refractivity contribution in [3.8, 4) is 0 Å². The second kappa shape index (κ2) is 8.86.